The first-order chi connectivity index (χ1) is 8.56. The van der Waals surface area contributed by atoms with Gasteiger partial charge in [0.05, 0.1) is 5.69 Å². The minimum Gasteiger partial charge on any atom is -0.485 e. The molecule has 0 unspecified atom stereocenters. The van der Waals surface area contributed by atoms with Gasteiger partial charge in [-0.15, -0.1) is 0 Å². The molecule has 0 bridgehead atoms. The molecule has 0 amide bonds. The molecular formula is C13H11Cl2NO2. The summed E-state index contributed by atoms with van der Waals surface area (Å²) in [6.45, 7) is -0.0471. The van der Waals surface area contributed by atoms with Crippen LogP contribution < -0.4 is 4.74 Å². The molecule has 0 saturated carbocycles. The summed E-state index contributed by atoms with van der Waals surface area (Å²) in [6, 6.07) is 8.40. The summed E-state index contributed by atoms with van der Waals surface area (Å²) in [5, 5.41) is 0.952. The van der Waals surface area contributed by atoms with Crippen LogP contribution in [0.3, 0.4) is 0 Å². The summed E-state index contributed by atoms with van der Waals surface area (Å²) >= 11 is 11.7. The van der Waals surface area contributed by atoms with Crippen LogP contribution in [0.2, 0.25) is 10.0 Å². The molecule has 1 aromatic heterocycles. The van der Waals surface area contributed by atoms with E-state index in [0.29, 0.717) is 21.5 Å². The number of carbonyl (C=O) groups is 1. The summed E-state index contributed by atoms with van der Waals surface area (Å²) < 4.78 is 7.12. The Morgan fingerprint density at radius 2 is 1.94 bits per heavy atom. The molecule has 1 heterocycles. The van der Waals surface area contributed by atoms with Crippen molar-refractivity contribution in [3.8, 4) is 5.75 Å². The predicted molar refractivity (Wildman–Crippen MR) is 71.7 cm³/mol. The topological polar surface area (TPSA) is 31.2 Å². The second-order valence-corrected chi connectivity index (χ2v) is 4.69. The lowest BCUT2D eigenvalue weighted by Gasteiger charge is -2.07. The van der Waals surface area contributed by atoms with Gasteiger partial charge in [0.15, 0.2) is 6.61 Å². The van der Waals surface area contributed by atoms with E-state index in [1.807, 2.05) is 19.3 Å². The van der Waals surface area contributed by atoms with Crippen LogP contribution in [0.4, 0.5) is 0 Å². The Bertz CT molecular complexity index is 558. The number of hydrogen-bond donors (Lipinski definition) is 0. The highest BCUT2D eigenvalue weighted by Gasteiger charge is 2.10. The van der Waals surface area contributed by atoms with Gasteiger partial charge in [-0.2, -0.15) is 0 Å². The van der Waals surface area contributed by atoms with Gasteiger partial charge in [0.25, 0.3) is 0 Å². The van der Waals surface area contributed by atoms with Gasteiger partial charge >= 0.3 is 0 Å². The Hall–Kier alpha value is -1.45. The average Bonchev–Trinajstić information content (AvgIpc) is 2.71. The Labute approximate surface area is 115 Å². The normalized spacial score (nSPS) is 10.4. The molecule has 0 atom stereocenters. The van der Waals surface area contributed by atoms with Gasteiger partial charge in [0.2, 0.25) is 5.78 Å². The van der Waals surface area contributed by atoms with Crippen molar-refractivity contribution in [1.29, 1.82) is 0 Å². The van der Waals surface area contributed by atoms with Crippen LogP contribution in [0, 0.1) is 0 Å². The van der Waals surface area contributed by atoms with Gasteiger partial charge in [0, 0.05) is 23.3 Å². The fraction of sp³-hybridized carbons (Fsp3) is 0.154. The van der Waals surface area contributed by atoms with E-state index < -0.39 is 0 Å². The zero-order valence-electron chi connectivity index (χ0n) is 9.69. The fourth-order valence-electron chi connectivity index (χ4n) is 1.59. The molecule has 0 spiro atoms. The van der Waals surface area contributed by atoms with Crippen molar-refractivity contribution in [2.75, 3.05) is 6.61 Å². The van der Waals surface area contributed by atoms with E-state index in [1.165, 1.54) is 0 Å². The van der Waals surface area contributed by atoms with Crippen molar-refractivity contribution in [3.63, 3.8) is 0 Å². The summed E-state index contributed by atoms with van der Waals surface area (Å²) in [5.41, 5.74) is 0.600. The first-order valence-corrected chi connectivity index (χ1v) is 6.05. The highest BCUT2D eigenvalue weighted by Crippen LogP contribution is 2.24. The monoisotopic (exact) mass is 283 g/mol. The molecule has 0 saturated heterocycles. The maximum Gasteiger partial charge on any atom is 0.216 e. The molecular weight excluding hydrogens is 273 g/mol. The van der Waals surface area contributed by atoms with Crippen molar-refractivity contribution in [2.24, 2.45) is 7.05 Å². The minimum absolute atomic E-state index is 0.0471. The van der Waals surface area contributed by atoms with Gasteiger partial charge in [-0.05, 0) is 30.3 Å². The van der Waals surface area contributed by atoms with Crippen LogP contribution in [0.15, 0.2) is 36.5 Å². The third-order valence-corrected chi connectivity index (χ3v) is 2.87. The smallest absolute Gasteiger partial charge is 0.216 e. The maximum absolute atomic E-state index is 11.9. The standard InChI is InChI=1S/C13H11Cl2NO2/c1-16-4-2-3-12(16)13(17)8-18-11-6-9(14)5-10(15)7-11/h2-7H,8H2,1H3. The van der Waals surface area contributed by atoms with Crippen molar-refractivity contribution < 1.29 is 9.53 Å². The second-order valence-electron chi connectivity index (χ2n) is 3.82. The van der Waals surface area contributed by atoms with E-state index in [0.717, 1.165) is 0 Å². The lowest BCUT2D eigenvalue weighted by atomic mass is 10.3. The minimum atomic E-state index is -0.0985. The lowest BCUT2D eigenvalue weighted by molar-refractivity contribution is 0.0913. The molecule has 0 aliphatic rings. The molecule has 1 aromatic carbocycles. The number of ether oxygens (including phenoxy) is 1. The SMILES string of the molecule is Cn1cccc1C(=O)COc1cc(Cl)cc(Cl)c1. The summed E-state index contributed by atoms with van der Waals surface area (Å²) in [4.78, 5) is 11.9. The number of halogens is 2. The highest BCUT2D eigenvalue weighted by molar-refractivity contribution is 6.34. The highest BCUT2D eigenvalue weighted by atomic mass is 35.5. The van der Waals surface area contributed by atoms with Gasteiger partial charge in [-0.1, -0.05) is 23.2 Å². The van der Waals surface area contributed by atoms with Crippen LogP contribution in [0.25, 0.3) is 0 Å². The Morgan fingerprint density at radius 3 is 2.50 bits per heavy atom. The molecule has 94 valence electrons. The Morgan fingerprint density at radius 1 is 1.28 bits per heavy atom. The van der Waals surface area contributed by atoms with E-state index in [2.05, 4.69) is 0 Å². The van der Waals surface area contributed by atoms with Crippen molar-refractivity contribution in [1.82, 2.24) is 4.57 Å². The first-order valence-electron chi connectivity index (χ1n) is 5.29. The van der Waals surface area contributed by atoms with Crippen LogP contribution >= 0.6 is 23.2 Å². The van der Waals surface area contributed by atoms with E-state index >= 15 is 0 Å². The van der Waals surface area contributed by atoms with E-state index in [1.54, 1.807) is 28.8 Å². The lowest BCUT2D eigenvalue weighted by Crippen LogP contribution is -2.14. The fourth-order valence-corrected chi connectivity index (χ4v) is 2.09. The molecule has 0 N–H and O–H groups in total. The molecule has 0 radical (unpaired) electrons. The van der Waals surface area contributed by atoms with Crippen molar-refractivity contribution in [3.05, 3.63) is 52.3 Å². The number of carbonyl (C=O) groups excluding carboxylic acids is 1. The van der Waals surface area contributed by atoms with Crippen molar-refractivity contribution in [2.45, 2.75) is 0 Å². The number of aryl methyl sites for hydroxylation is 1. The van der Waals surface area contributed by atoms with Gasteiger partial charge in [-0.3, -0.25) is 4.79 Å². The van der Waals surface area contributed by atoms with E-state index in [9.17, 15) is 4.79 Å². The molecule has 0 aliphatic carbocycles. The zero-order chi connectivity index (χ0) is 13.1. The van der Waals surface area contributed by atoms with Crippen LogP contribution in [-0.4, -0.2) is 17.0 Å². The molecule has 2 aromatic rings. The number of hydrogen-bond acceptors (Lipinski definition) is 2. The zero-order valence-corrected chi connectivity index (χ0v) is 11.2. The van der Waals surface area contributed by atoms with Gasteiger partial charge < -0.3 is 9.30 Å². The van der Waals surface area contributed by atoms with Gasteiger partial charge in [-0.25, -0.2) is 0 Å². The number of rotatable bonds is 4. The number of benzene rings is 1. The molecule has 2 rings (SSSR count). The van der Waals surface area contributed by atoms with Crippen LogP contribution in [-0.2, 0) is 7.05 Å². The summed E-state index contributed by atoms with van der Waals surface area (Å²) in [5.74, 6) is 0.383. The number of aromatic nitrogens is 1. The first kappa shape index (κ1) is 13.0. The second kappa shape index (κ2) is 5.46. The third-order valence-electron chi connectivity index (χ3n) is 2.44. The van der Waals surface area contributed by atoms with Crippen LogP contribution in [0.5, 0.6) is 5.75 Å². The molecule has 3 nitrogen and oxygen atoms in total. The van der Waals surface area contributed by atoms with Crippen LogP contribution in [0.1, 0.15) is 10.5 Å². The number of Topliss-reactive ketones (excluding diaryl/α,β-unsaturated/α-hetero) is 1. The molecule has 18 heavy (non-hydrogen) atoms. The summed E-state index contributed by atoms with van der Waals surface area (Å²) in [7, 11) is 1.81. The van der Waals surface area contributed by atoms with Gasteiger partial charge in [0.1, 0.15) is 5.75 Å². The van der Waals surface area contributed by atoms with E-state index in [4.69, 9.17) is 27.9 Å². The Kier molecular flexibility index (Phi) is 3.94. The van der Waals surface area contributed by atoms with Crippen molar-refractivity contribution >= 4 is 29.0 Å². The predicted octanol–water partition coefficient (Wildman–Crippen LogP) is 3.59. The third kappa shape index (κ3) is 3.06. The molecule has 0 aliphatic heterocycles. The molecule has 0 fully saturated rings. The molecule has 5 heteroatoms. The average molecular weight is 284 g/mol. The summed E-state index contributed by atoms with van der Waals surface area (Å²) in [6.07, 6.45) is 1.81. The Balaban J connectivity index is 2.04. The quantitative estimate of drug-likeness (QED) is 0.803. The number of nitrogens with zero attached hydrogens (tertiary/aromatic N) is 1. The maximum atomic E-state index is 11.9. The van der Waals surface area contributed by atoms with E-state index in [-0.39, 0.29) is 12.4 Å². The largest absolute Gasteiger partial charge is 0.485 e. The number of ketones is 1.